The SMILES string of the molecule is CCC(C(=O)NCC(=O)NC(C)(C)C)n1nnc(-c2ccc(Cl)cc2)n1. The van der Waals surface area contributed by atoms with Gasteiger partial charge in [0.2, 0.25) is 17.6 Å². The summed E-state index contributed by atoms with van der Waals surface area (Å²) in [5.74, 6) is -0.191. The molecule has 0 fully saturated rings. The van der Waals surface area contributed by atoms with Crippen LogP contribution in [0.25, 0.3) is 11.4 Å². The van der Waals surface area contributed by atoms with Crippen molar-refractivity contribution in [3.05, 3.63) is 29.3 Å². The summed E-state index contributed by atoms with van der Waals surface area (Å²) < 4.78 is 0. The summed E-state index contributed by atoms with van der Waals surface area (Å²) >= 11 is 5.87. The van der Waals surface area contributed by atoms with E-state index < -0.39 is 6.04 Å². The molecule has 0 aliphatic rings. The fraction of sp³-hybridized carbons (Fsp3) is 0.471. The first kappa shape index (κ1) is 19.8. The van der Waals surface area contributed by atoms with Gasteiger partial charge in [-0.15, -0.1) is 10.2 Å². The highest BCUT2D eigenvalue weighted by Gasteiger charge is 2.23. The predicted molar refractivity (Wildman–Crippen MR) is 98.5 cm³/mol. The van der Waals surface area contributed by atoms with E-state index in [4.69, 9.17) is 11.6 Å². The molecule has 0 spiro atoms. The van der Waals surface area contributed by atoms with Gasteiger partial charge >= 0.3 is 0 Å². The number of hydrogen-bond acceptors (Lipinski definition) is 5. The van der Waals surface area contributed by atoms with Crippen LogP contribution in [0, 0.1) is 0 Å². The van der Waals surface area contributed by atoms with Crippen LogP contribution in [0.2, 0.25) is 5.02 Å². The van der Waals surface area contributed by atoms with Gasteiger partial charge in [0.25, 0.3) is 0 Å². The third kappa shape index (κ3) is 5.52. The molecule has 0 saturated carbocycles. The third-order valence-electron chi connectivity index (χ3n) is 3.44. The molecule has 8 nitrogen and oxygen atoms in total. The summed E-state index contributed by atoms with van der Waals surface area (Å²) in [5, 5.41) is 18.3. The number of halogens is 1. The highest BCUT2D eigenvalue weighted by molar-refractivity contribution is 6.30. The van der Waals surface area contributed by atoms with Gasteiger partial charge in [-0.3, -0.25) is 9.59 Å². The Morgan fingerprint density at radius 1 is 1.23 bits per heavy atom. The smallest absolute Gasteiger partial charge is 0.247 e. The number of rotatable bonds is 6. The van der Waals surface area contributed by atoms with Crippen molar-refractivity contribution in [3.8, 4) is 11.4 Å². The maximum absolute atomic E-state index is 12.4. The highest BCUT2D eigenvalue weighted by Crippen LogP contribution is 2.18. The van der Waals surface area contributed by atoms with Crippen LogP contribution in [-0.2, 0) is 9.59 Å². The van der Waals surface area contributed by atoms with Crippen molar-refractivity contribution >= 4 is 23.4 Å². The van der Waals surface area contributed by atoms with Crippen LogP contribution in [-0.4, -0.2) is 44.1 Å². The van der Waals surface area contributed by atoms with E-state index in [1.165, 1.54) is 4.80 Å². The van der Waals surface area contributed by atoms with E-state index in [-0.39, 0.29) is 23.9 Å². The number of amides is 2. The number of hydrogen-bond donors (Lipinski definition) is 2. The molecule has 0 aliphatic carbocycles. The number of carbonyl (C=O) groups excluding carboxylic acids is 2. The van der Waals surface area contributed by atoms with Crippen LogP contribution in [0.4, 0.5) is 0 Å². The zero-order valence-electron chi connectivity index (χ0n) is 15.3. The van der Waals surface area contributed by atoms with Gasteiger partial charge in [-0.05, 0) is 56.7 Å². The summed E-state index contributed by atoms with van der Waals surface area (Å²) in [5.41, 5.74) is 0.396. The van der Waals surface area contributed by atoms with Crippen molar-refractivity contribution in [1.82, 2.24) is 30.8 Å². The molecule has 0 bridgehead atoms. The number of aromatic nitrogens is 4. The molecule has 1 aromatic carbocycles. The number of benzene rings is 1. The number of nitrogens with zero attached hydrogens (tertiary/aromatic N) is 4. The Labute approximate surface area is 157 Å². The first-order chi connectivity index (χ1) is 12.2. The molecule has 2 aromatic rings. The van der Waals surface area contributed by atoms with E-state index in [1.54, 1.807) is 24.3 Å². The molecule has 0 saturated heterocycles. The lowest BCUT2D eigenvalue weighted by molar-refractivity contribution is -0.129. The maximum atomic E-state index is 12.4. The standard InChI is InChI=1S/C17H23ClN6O2/c1-5-13(16(26)19-10-14(25)20-17(2,3)4)24-22-15(21-23-24)11-6-8-12(18)9-7-11/h6-9,13H,5,10H2,1-4H3,(H,19,26)(H,20,25). The van der Waals surface area contributed by atoms with Crippen LogP contribution in [0.5, 0.6) is 0 Å². The quantitative estimate of drug-likeness (QED) is 0.800. The molecule has 0 aliphatic heterocycles. The molecular weight excluding hydrogens is 356 g/mol. The zero-order valence-corrected chi connectivity index (χ0v) is 16.0. The molecule has 2 N–H and O–H groups in total. The van der Waals surface area contributed by atoms with Crippen LogP contribution in [0.1, 0.15) is 40.2 Å². The molecule has 2 amide bonds. The number of tetrazole rings is 1. The second-order valence-electron chi connectivity index (χ2n) is 6.88. The van der Waals surface area contributed by atoms with E-state index in [2.05, 4.69) is 26.0 Å². The molecule has 1 atom stereocenters. The summed E-state index contributed by atoms with van der Waals surface area (Å²) in [4.78, 5) is 25.5. The lowest BCUT2D eigenvalue weighted by Crippen LogP contribution is -2.47. The average Bonchev–Trinajstić information content (AvgIpc) is 3.02. The van der Waals surface area contributed by atoms with Crippen LogP contribution < -0.4 is 10.6 Å². The largest absolute Gasteiger partial charge is 0.350 e. The van der Waals surface area contributed by atoms with Crippen molar-refractivity contribution in [1.29, 1.82) is 0 Å². The normalized spacial score (nSPS) is 12.5. The van der Waals surface area contributed by atoms with Crippen molar-refractivity contribution in [2.75, 3.05) is 6.54 Å². The van der Waals surface area contributed by atoms with E-state index in [0.717, 1.165) is 5.56 Å². The summed E-state index contributed by atoms with van der Waals surface area (Å²) in [7, 11) is 0. The van der Waals surface area contributed by atoms with E-state index in [9.17, 15) is 9.59 Å². The molecule has 2 rings (SSSR count). The Bertz CT molecular complexity index is 766. The Kier molecular flexibility index (Phi) is 6.31. The van der Waals surface area contributed by atoms with Gasteiger partial charge in [0.05, 0.1) is 6.54 Å². The minimum absolute atomic E-state index is 0.106. The minimum atomic E-state index is -0.647. The van der Waals surface area contributed by atoms with Gasteiger partial charge in [0.1, 0.15) is 0 Å². The average molecular weight is 379 g/mol. The second-order valence-corrected chi connectivity index (χ2v) is 7.32. The van der Waals surface area contributed by atoms with Crippen molar-refractivity contribution < 1.29 is 9.59 Å². The molecule has 140 valence electrons. The molecule has 26 heavy (non-hydrogen) atoms. The van der Waals surface area contributed by atoms with Gasteiger partial charge in [-0.25, -0.2) is 0 Å². The molecule has 1 unspecified atom stereocenters. The first-order valence-electron chi connectivity index (χ1n) is 8.34. The molecular formula is C17H23ClN6O2. The third-order valence-corrected chi connectivity index (χ3v) is 3.69. The van der Waals surface area contributed by atoms with Gasteiger partial charge in [0.15, 0.2) is 6.04 Å². The minimum Gasteiger partial charge on any atom is -0.350 e. The lowest BCUT2D eigenvalue weighted by atomic mass is 10.1. The zero-order chi connectivity index (χ0) is 19.3. The fourth-order valence-corrected chi connectivity index (χ4v) is 2.40. The van der Waals surface area contributed by atoms with Crippen molar-refractivity contribution in [3.63, 3.8) is 0 Å². The molecule has 1 heterocycles. The Morgan fingerprint density at radius 3 is 2.46 bits per heavy atom. The molecule has 0 radical (unpaired) electrons. The predicted octanol–water partition coefficient (Wildman–Crippen LogP) is 1.98. The van der Waals surface area contributed by atoms with E-state index >= 15 is 0 Å². The van der Waals surface area contributed by atoms with E-state index in [1.807, 2.05) is 27.7 Å². The lowest BCUT2D eigenvalue weighted by Gasteiger charge is -2.21. The van der Waals surface area contributed by atoms with Gasteiger partial charge in [0, 0.05) is 16.1 Å². The summed E-state index contributed by atoms with van der Waals surface area (Å²) in [6.45, 7) is 7.35. The van der Waals surface area contributed by atoms with Crippen LogP contribution in [0.3, 0.4) is 0 Å². The summed E-state index contributed by atoms with van der Waals surface area (Å²) in [6, 6.07) is 6.37. The summed E-state index contributed by atoms with van der Waals surface area (Å²) in [6.07, 6.45) is 0.461. The van der Waals surface area contributed by atoms with Crippen LogP contribution in [0.15, 0.2) is 24.3 Å². The Morgan fingerprint density at radius 2 is 1.88 bits per heavy atom. The van der Waals surface area contributed by atoms with E-state index in [0.29, 0.717) is 17.3 Å². The number of nitrogens with one attached hydrogen (secondary N) is 2. The number of carbonyl (C=O) groups is 2. The highest BCUT2D eigenvalue weighted by atomic mass is 35.5. The van der Waals surface area contributed by atoms with Gasteiger partial charge in [-0.2, -0.15) is 4.80 Å². The Hall–Kier alpha value is -2.48. The second kappa shape index (κ2) is 8.27. The van der Waals surface area contributed by atoms with Crippen LogP contribution >= 0.6 is 11.6 Å². The van der Waals surface area contributed by atoms with Crippen molar-refractivity contribution in [2.24, 2.45) is 0 Å². The van der Waals surface area contributed by atoms with Crippen molar-refractivity contribution in [2.45, 2.75) is 45.7 Å². The fourth-order valence-electron chi connectivity index (χ4n) is 2.27. The first-order valence-corrected chi connectivity index (χ1v) is 8.71. The maximum Gasteiger partial charge on any atom is 0.247 e. The monoisotopic (exact) mass is 378 g/mol. The van der Waals surface area contributed by atoms with Gasteiger partial charge in [-0.1, -0.05) is 18.5 Å². The molecule has 9 heteroatoms. The molecule has 1 aromatic heterocycles. The van der Waals surface area contributed by atoms with Gasteiger partial charge < -0.3 is 10.6 Å². The topological polar surface area (TPSA) is 102 Å². The Balaban J connectivity index is 2.02.